The van der Waals surface area contributed by atoms with Crippen LogP contribution in [0.1, 0.15) is 35.6 Å². The van der Waals surface area contributed by atoms with Crippen LogP contribution in [0.15, 0.2) is 42.5 Å². The number of hydrogen-bond acceptors (Lipinski definition) is 0. The van der Waals surface area contributed by atoms with E-state index in [9.17, 15) is 0 Å². The topological polar surface area (TPSA) is 0 Å². The van der Waals surface area contributed by atoms with Crippen molar-refractivity contribution in [3.05, 3.63) is 64.7 Å². The molecular formula is C19H16. The highest BCUT2D eigenvalue weighted by molar-refractivity contribution is 6.02. The van der Waals surface area contributed by atoms with Crippen molar-refractivity contribution in [2.45, 2.75) is 19.8 Å². The van der Waals surface area contributed by atoms with Gasteiger partial charge in [0.05, 0.1) is 0 Å². The van der Waals surface area contributed by atoms with Crippen LogP contribution in [0.2, 0.25) is 0 Å². The van der Waals surface area contributed by atoms with Gasteiger partial charge in [0.2, 0.25) is 0 Å². The van der Waals surface area contributed by atoms with Gasteiger partial charge in [0.15, 0.2) is 0 Å². The maximum atomic E-state index is 2.35. The maximum absolute atomic E-state index is 2.35. The normalized spacial score (nSPS) is 15.3. The lowest BCUT2D eigenvalue weighted by molar-refractivity contribution is 0.982. The van der Waals surface area contributed by atoms with Gasteiger partial charge in [0.1, 0.15) is 0 Å². The summed E-state index contributed by atoms with van der Waals surface area (Å²) in [5.41, 5.74) is 10.0. The van der Waals surface area contributed by atoms with Gasteiger partial charge in [-0.25, -0.2) is 0 Å². The first kappa shape index (κ1) is 10.8. The van der Waals surface area contributed by atoms with Gasteiger partial charge in [-0.3, -0.25) is 0 Å². The smallest absolute Gasteiger partial charge is 0.00329 e. The minimum atomic E-state index is 1.17. The van der Waals surface area contributed by atoms with E-state index in [2.05, 4.69) is 61.5 Å². The van der Waals surface area contributed by atoms with Crippen molar-refractivity contribution in [1.29, 1.82) is 0 Å². The second-order valence-electron chi connectivity index (χ2n) is 5.42. The highest BCUT2D eigenvalue weighted by atomic mass is 14.3. The van der Waals surface area contributed by atoms with E-state index in [-0.39, 0.29) is 0 Å². The Morgan fingerprint density at radius 3 is 2.63 bits per heavy atom. The maximum Gasteiger partial charge on any atom is -0.00329 e. The van der Waals surface area contributed by atoms with Gasteiger partial charge in [-0.15, -0.1) is 0 Å². The SMILES string of the molecule is CC1=Cc2cc3c(c1c2-c1ccccc1)CCC=C3. The summed E-state index contributed by atoms with van der Waals surface area (Å²) in [7, 11) is 0. The molecule has 0 aliphatic heterocycles. The van der Waals surface area contributed by atoms with E-state index in [0.717, 1.165) is 0 Å². The molecule has 0 spiro atoms. The van der Waals surface area contributed by atoms with Crippen LogP contribution < -0.4 is 0 Å². The van der Waals surface area contributed by atoms with E-state index < -0.39 is 0 Å². The Bertz CT molecular complexity index is 715. The molecule has 19 heavy (non-hydrogen) atoms. The molecular weight excluding hydrogens is 228 g/mol. The highest BCUT2D eigenvalue weighted by Gasteiger charge is 2.23. The van der Waals surface area contributed by atoms with Crippen molar-refractivity contribution in [2.75, 3.05) is 0 Å². The predicted molar refractivity (Wildman–Crippen MR) is 82.8 cm³/mol. The Hall–Kier alpha value is -2.08. The minimum Gasteiger partial charge on any atom is -0.0836 e. The quantitative estimate of drug-likeness (QED) is 0.647. The third-order valence-corrected chi connectivity index (χ3v) is 4.19. The molecule has 0 fully saturated rings. The summed E-state index contributed by atoms with van der Waals surface area (Å²) in [6, 6.07) is 13.1. The lowest BCUT2D eigenvalue weighted by Crippen LogP contribution is -2.00. The molecule has 0 aromatic heterocycles. The Morgan fingerprint density at radius 1 is 0.947 bits per heavy atom. The second kappa shape index (κ2) is 3.96. The van der Waals surface area contributed by atoms with Crippen molar-refractivity contribution < 1.29 is 0 Å². The van der Waals surface area contributed by atoms with E-state index in [4.69, 9.17) is 0 Å². The molecule has 2 aromatic carbocycles. The van der Waals surface area contributed by atoms with E-state index in [0.29, 0.717) is 0 Å². The third-order valence-electron chi connectivity index (χ3n) is 4.19. The Balaban J connectivity index is 2.04. The van der Waals surface area contributed by atoms with E-state index >= 15 is 0 Å². The molecule has 0 unspecified atom stereocenters. The van der Waals surface area contributed by atoms with Crippen LogP contribution in [0.5, 0.6) is 0 Å². The summed E-state index contributed by atoms with van der Waals surface area (Å²) in [6.45, 7) is 2.24. The number of benzene rings is 2. The molecule has 4 rings (SSSR count). The first-order chi connectivity index (χ1) is 9.34. The van der Waals surface area contributed by atoms with Crippen molar-refractivity contribution in [1.82, 2.24) is 0 Å². The third kappa shape index (κ3) is 1.53. The predicted octanol–water partition coefficient (Wildman–Crippen LogP) is 5.19. The van der Waals surface area contributed by atoms with Crippen LogP contribution in [0.3, 0.4) is 0 Å². The summed E-state index contributed by atoms with van der Waals surface area (Å²) in [5.74, 6) is 0. The Kier molecular flexibility index (Phi) is 2.25. The number of hydrogen-bond donors (Lipinski definition) is 0. The molecule has 0 radical (unpaired) electrons. The van der Waals surface area contributed by atoms with Gasteiger partial charge >= 0.3 is 0 Å². The lowest BCUT2D eigenvalue weighted by Gasteiger charge is -2.18. The van der Waals surface area contributed by atoms with Crippen molar-refractivity contribution in [3.8, 4) is 11.1 Å². The molecule has 2 aliphatic rings. The van der Waals surface area contributed by atoms with Gasteiger partial charge in [-0.2, -0.15) is 0 Å². The molecule has 0 nitrogen and oxygen atoms in total. The first-order valence-electron chi connectivity index (χ1n) is 6.95. The Morgan fingerprint density at radius 2 is 1.79 bits per heavy atom. The standard InChI is InChI=1S/C19H16/c1-13-11-16-12-15-9-5-6-10-17(15)18(13)19(16)14-7-3-2-4-8-14/h2-5,7-9,11-12H,6,10H2,1H3. The molecule has 2 aliphatic carbocycles. The van der Waals surface area contributed by atoms with Crippen LogP contribution in [0.25, 0.3) is 28.9 Å². The van der Waals surface area contributed by atoms with Gasteiger partial charge in [-0.1, -0.05) is 48.6 Å². The molecule has 0 amide bonds. The summed E-state index contributed by atoms with van der Waals surface area (Å²) in [4.78, 5) is 0. The van der Waals surface area contributed by atoms with Gasteiger partial charge in [-0.05, 0) is 64.8 Å². The van der Waals surface area contributed by atoms with Crippen LogP contribution >= 0.6 is 0 Å². The zero-order chi connectivity index (χ0) is 12.8. The second-order valence-corrected chi connectivity index (χ2v) is 5.42. The molecule has 0 saturated heterocycles. The molecule has 0 heteroatoms. The van der Waals surface area contributed by atoms with Crippen molar-refractivity contribution >= 4 is 17.7 Å². The van der Waals surface area contributed by atoms with Crippen LogP contribution in [0, 0.1) is 0 Å². The lowest BCUT2D eigenvalue weighted by atomic mass is 9.86. The Labute approximate surface area is 114 Å². The van der Waals surface area contributed by atoms with Gasteiger partial charge in [0, 0.05) is 0 Å². The molecule has 2 aromatic rings. The van der Waals surface area contributed by atoms with Crippen LogP contribution in [-0.2, 0) is 6.42 Å². The van der Waals surface area contributed by atoms with E-state index in [1.54, 1.807) is 0 Å². The average molecular weight is 244 g/mol. The average Bonchev–Trinajstić information content (AvgIpc) is 2.70. The largest absolute Gasteiger partial charge is 0.0836 e. The number of fused-ring (bicyclic) bond motifs is 4. The van der Waals surface area contributed by atoms with Crippen LogP contribution in [-0.4, -0.2) is 0 Å². The fourth-order valence-corrected chi connectivity index (χ4v) is 3.39. The summed E-state index contributed by atoms with van der Waals surface area (Å²) >= 11 is 0. The van der Waals surface area contributed by atoms with E-state index in [1.807, 2.05) is 0 Å². The van der Waals surface area contributed by atoms with Crippen molar-refractivity contribution in [2.24, 2.45) is 0 Å². The van der Waals surface area contributed by atoms with Crippen molar-refractivity contribution in [3.63, 3.8) is 0 Å². The minimum absolute atomic E-state index is 1.17. The molecule has 2 bridgehead atoms. The molecule has 0 saturated carbocycles. The van der Waals surface area contributed by atoms with Gasteiger partial charge < -0.3 is 0 Å². The van der Waals surface area contributed by atoms with Crippen LogP contribution in [0.4, 0.5) is 0 Å². The number of rotatable bonds is 1. The highest BCUT2D eigenvalue weighted by Crippen LogP contribution is 2.44. The van der Waals surface area contributed by atoms with Gasteiger partial charge in [0.25, 0.3) is 0 Å². The molecule has 0 N–H and O–H groups in total. The molecule has 92 valence electrons. The monoisotopic (exact) mass is 244 g/mol. The zero-order valence-electron chi connectivity index (χ0n) is 11.1. The number of allylic oxidation sites excluding steroid dienone is 2. The molecule has 0 heterocycles. The fraction of sp³-hybridized carbons (Fsp3) is 0.158. The first-order valence-corrected chi connectivity index (χ1v) is 6.95. The summed E-state index contributed by atoms with van der Waals surface area (Å²) < 4.78 is 0. The summed E-state index contributed by atoms with van der Waals surface area (Å²) in [5, 5.41) is 0. The van der Waals surface area contributed by atoms with E-state index in [1.165, 1.54) is 51.8 Å². The summed E-state index contributed by atoms with van der Waals surface area (Å²) in [6.07, 6.45) is 9.25. The fourth-order valence-electron chi connectivity index (χ4n) is 3.39. The zero-order valence-corrected chi connectivity index (χ0v) is 11.1. The molecule has 0 atom stereocenters.